The van der Waals surface area contributed by atoms with Crippen LogP contribution in [0.3, 0.4) is 0 Å². The van der Waals surface area contributed by atoms with E-state index in [1.54, 1.807) is 25.2 Å². The molecule has 29 heteroatoms. The van der Waals surface area contributed by atoms with Crippen molar-refractivity contribution >= 4 is 67.2 Å². The van der Waals surface area contributed by atoms with Crippen LogP contribution in [0.15, 0.2) is 132 Å². The number of nitrogens with zero attached hydrogens (tertiary/aromatic N) is 6. The second-order valence-corrected chi connectivity index (χ2v) is 23.3. The van der Waals surface area contributed by atoms with E-state index in [1.807, 2.05) is 104 Å². The number of nitrogens with two attached hydrogens (primary N) is 1. The third kappa shape index (κ3) is 22.5. The van der Waals surface area contributed by atoms with Gasteiger partial charge in [0.25, 0.3) is 22.9 Å². The third-order valence-electron chi connectivity index (χ3n) is 16.4. The Morgan fingerprint density at radius 1 is 0.583 bits per heavy atom. The van der Waals surface area contributed by atoms with Gasteiger partial charge in [-0.2, -0.15) is 0 Å². The number of aromatic nitrogens is 4. The fourth-order valence-corrected chi connectivity index (χ4v) is 11.0. The van der Waals surface area contributed by atoms with Crippen molar-refractivity contribution in [2.75, 3.05) is 64.1 Å². The Morgan fingerprint density at radius 3 is 1.37 bits per heavy atom. The minimum Gasteiger partial charge on any atom is -0.793 e. The van der Waals surface area contributed by atoms with Gasteiger partial charge in [-0.25, -0.2) is 38.1 Å². The number of carbonyl (C=O) groups is 8. The number of ether oxygens (including phenoxy) is 2. The third-order valence-corrected chi connectivity index (χ3v) is 16.4. The Kier molecular flexibility index (Phi) is 32.5. The van der Waals surface area contributed by atoms with E-state index in [-0.39, 0.29) is 76.2 Å². The molecule has 103 heavy (non-hydrogen) atoms. The number of rotatable bonds is 18. The van der Waals surface area contributed by atoms with Crippen molar-refractivity contribution in [2.24, 2.45) is 19.8 Å². The molecule has 2 aliphatic rings. The van der Waals surface area contributed by atoms with Gasteiger partial charge >= 0.3 is 41.5 Å². The van der Waals surface area contributed by atoms with Crippen molar-refractivity contribution in [1.82, 2.24) is 34.2 Å². The van der Waals surface area contributed by atoms with Crippen molar-refractivity contribution < 1.29 is 101 Å². The first-order chi connectivity index (χ1) is 48.7. The van der Waals surface area contributed by atoms with E-state index in [9.17, 15) is 52.3 Å². The molecular formula is C74H81BF2N10NaO15. The number of likely N-dealkylation sites (tertiary alicyclic amines) is 2. The van der Waals surface area contributed by atoms with Gasteiger partial charge in [-0.05, 0) is 144 Å². The second kappa shape index (κ2) is 40.2. The molecule has 4 amide bonds. The molecule has 10 rings (SSSR count). The Balaban J connectivity index is 0.000000286. The zero-order valence-corrected chi connectivity index (χ0v) is 61.6. The van der Waals surface area contributed by atoms with Crippen LogP contribution in [-0.2, 0) is 59.0 Å². The topological polar surface area (TPSA) is 321 Å². The predicted molar refractivity (Wildman–Crippen MR) is 380 cm³/mol. The summed E-state index contributed by atoms with van der Waals surface area (Å²) in [5.74, 6) is -2.84. The number of anilines is 2. The van der Waals surface area contributed by atoms with Gasteiger partial charge in [-0.3, -0.25) is 38.4 Å². The molecule has 8 aromatic rings. The van der Waals surface area contributed by atoms with E-state index < -0.39 is 46.7 Å². The largest absolute Gasteiger partial charge is 1.00 e. The summed E-state index contributed by atoms with van der Waals surface area (Å²) in [5, 5.41) is 8.91. The fourth-order valence-electron chi connectivity index (χ4n) is 11.0. The molecule has 5 N–H and O–H groups in total. The monoisotopic (exact) mass is 1420 g/mol. The second-order valence-electron chi connectivity index (χ2n) is 23.3. The van der Waals surface area contributed by atoms with Crippen LogP contribution in [0, 0.1) is 39.3 Å². The number of carbonyl (C=O) groups excluding carboxylic acids is 8. The molecule has 2 saturated heterocycles. The van der Waals surface area contributed by atoms with E-state index in [0.717, 1.165) is 108 Å². The number of nitrogens with one attached hydrogen (secondary N) is 3. The maximum atomic E-state index is 15.5. The first-order valence-corrected chi connectivity index (χ1v) is 32.1. The summed E-state index contributed by atoms with van der Waals surface area (Å²) in [5.41, 5.74) is 15.6. The van der Waals surface area contributed by atoms with E-state index in [2.05, 4.69) is 48.4 Å². The smallest absolute Gasteiger partial charge is 0.793 e. The van der Waals surface area contributed by atoms with Gasteiger partial charge in [-0.15, -0.1) is 0 Å². The summed E-state index contributed by atoms with van der Waals surface area (Å²) in [6, 6.07) is 28.9. The van der Waals surface area contributed by atoms with Gasteiger partial charge in [-0.1, -0.05) is 60.7 Å². The van der Waals surface area contributed by atoms with Crippen LogP contribution < -0.4 is 71.8 Å². The number of hydrogen-bond donors (Lipinski definition) is 4. The van der Waals surface area contributed by atoms with Crippen LogP contribution in [0.4, 0.5) is 20.2 Å². The molecule has 2 aliphatic heterocycles. The Labute approximate surface area is 618 Å². The van der Waals surface area contributed by atoms with Crippen molar-refractivity contribution in [3.63, 3.8) is 0 Å². The average molecular weight is 1420 g/mol. The van der Waals surface area contributed by atoms with Gasteiger partial charge in [0.1, 0.15) is 34.3 Å². The summed E-state index contributed by atoms with van der Waals surface area (Å²) in [4.78, 5) is 133. The molecule has 2 fully saturated rings. The Morgan fingerprint density at radius 2 is 0.981 bits per heavy atom. The minimum atomic E-state index is -0.661. The first-order valence-electron chi connectivity index (χ1n) is 32.1. The van der Waals surface area contributed by atoms with Gasteiger partial charge in [0.2, 0.25) is 17.8 Å². The number of methoxy groups -OCH3 is 2. The van der Waals surface area contributed by atoms with E-state index in [4.69, 9.17) is 15.2 Å². The van der Waals surface area contributed by atoms with Crippen LogP contribution in [-0.4, -0.2) is 138 Å². The predicted octanol–water partition coefficient (Wildman–Crippen LogP) is 6.02. The molecule has 4 heterocycles. The number of hydrogen-bond acceptors (Lipinski definition) is 19. The van der Waals surface area contributed by atoms with Gasteiger partial charge < -0.3 is 62.8 Å². The van der Waals surface area contributed by atoms with Crippen molar-refractivity contribution in [2.45, 2.75) is 80.7 Å². The summed E-state index contributed by atoms with van der Waals surface area (Å²) in [7, 11) is 10.3. The Hall–Kier alpha value is -10.5. The molecule has 6 aromatic carbocycles. The van der Waals surface area contributed by atoms with Crippen molar-refractivity contribution in [3.8, 4) is 56.0 Å². The number of halogens is 2. The van der Waals surface area contributed by atoms with Gasteiger partial charge in [0, 0.05) is 123 Å². The summed E-state index contributed by atoms with van der Waals surface area (Å²) in [6.07, 6.45) is 8.86. The zero-order chi connectivity index (χ0) is 74.9. The maximum Gasteiger partial charge on any atom is 1.00 e. The van der Waals surface area contributed by atoms with Crippen LogP contribution in [0.2, 0.25) is 0 Å². The molecule has 0 atom stereocenters. The number of benzene rings is 6. The standard InChI is InChI=1S/C34H36FN5O4.C28H24FN3O4.C6H12N2O.C4H6O4.C2H3BO2.Na/c1-21-24(23-16-29(35)27(31(17-23)44-4)18-36-13-15-40-14-7-12-32(40)41)8-5-9-25(21)26-10-6-11-30(22(26)2)38-33(42)28-19-37-20-39(3)34(28)43;1-16-19(18-11-24(29)23(14-33)26(12-18)36-4)7-5-8-20(16)21-9-6-10-25(17(21)2)31-27(34)22-13-30-15-32(3)28(22)35;7-3-5-8-4-1-2-6(8)9;1-3(5)7-8-4(2)6;1-2(4)5-3;/h5-6,8-11,16-17,19-20,36H,7,12-15,18H2,1-4H3,(H,38,42);5-15H,1-4H3,(H,31,34);1-5,7H2;1-2H3;1H3;/q;;;;-1;+1. The average Bonchev–Trinajstić information content (AvgIpc) is 1.10. The molecule has 0 bridgehead atoms. The molecule has 25 nitrogen and oxygen atoms in total. The molecule has 0 spiro atoms. The fraction of sp³-hybridized carbons (Fsp3) is 0.297. The van der Waals surface area contributed by atoms with Gasteiger partial charge in [0.05, 0.1) is 32.4 Å². The van der Waals surface area contributed by atoms with Gasteiger partial charge in [0.15, 0.2) is 6.29 Å². The summed E-state index contributed by atoms with van der Waals surface area (Å²) < 4.78 is 47.0. The minimum absolute atomic E-state index is 0. The molecule has 0 saturated carbocycles. The normalized spacial score (nSPS) is 11.9. The van der Waals surface area contributed by atoms with E-state index in [1.165, 1.54) is 74.5 Å². The van der Waals surface area contributed by atoms with Crippen LogP contribution >= 0.6 is 0 Å². The molecule has 0 aliphatic carbocycles. The number of amides is 4. The summed E-state index contributed by atoms with van der Waals surface area (Å²) >= 11 is 0. The molecule has 535 valence electrons. The van der Waals surface area contributed by atoms with Crippen molar-refractivity contribution in [1.29, 1.82) is 0 Å². The molecular weight excluding hydrogens is 1340 g/mol. The van der Waals surface area contributed by atoms with E-state index >= 15 is 4.39 Å². The van der Waals surface area contributed by atoms with Crippen LogP contribution in [0.5, 0.6) is 11.5 Å². The van der Waals surface area contributed by atoms with Crippen molar-refractivity contribution in [3.05, 3.63) is 199 Å². The number of aryl methyl sites for hydroxylation is 2. The molecule has 0 unspecified atom stereocenters. The molecule has 2 aromatic heterocycles. The SMILES string of the molecule is CC(=O)OOC(C)=O.COc1cc(-c2cccc(-c3cccc(NC(=O)c4cncn(C)c4=O)c3C)c2C)cc(F)c1C=O.COc1cc(-c2cccc(-c3cccc(NC(=O)c4cncn(C)c4=O)c3C)c2C)cc(F)c1CNCCN1CCCC1=O.NCCN1CCCC1=O.[B-]OC(C)=O.[Na+]. The summed E-state index contributed by atoms with van der Waals surface area (Å²) in [6.45, 7) is 15.7. The van der Waals surface area contributed by atoms with Crippen LogP contribution in [0.1, 0.15) is 105 Å². The molecule has 3 radical (unpaired) electrons. The number of aldehydes is 1. The zero-order valence-electron chi connectivity index (χ0n) is 59.6. The van der Waals surface area contributed by atoms with Crippen LogP contribution in [0.25, 0.3) is 44.5 Å². The Bertz CT molecular complexity index is 4520. The quantitative estimate of drug-likeness (QED) is 0.0251. The first kappa shape index (κ1) is 83.1. The van der Waals surface area contributed by atoms with E-state index in [0.29, 0.717) is 66.2 Å². The maximum absolute atomic E-state index is 15.5.